The largest absolute Gasteiger partial charge is 0.389 e. The van der Waals surface area contributed by atoms with E-state index < -0.39 is 0 Å². The molecule has 0 aliphatic carbocycles. The van der Waals surface area contributed by atoms with E-state index in [1.807, 2.05) is 0 Å². The Kier molecular flexibility index (Phi) is 5.29. The second-order valence-corrected chi connectivity index (χ2v) is 6.97. The van der Waals surface area contributed by atoms with Crippen molar-refractivity contribution in [2.75, 3.05) is 37.3 Å². The lowest BCUT2D eigenvalue weighted by Gasteiger charge is -2.40. The number of hydrogen-bond donors (Lipinski definition) is 1. The highest BCUT2D eigenvalue weighted by molar-refractivity contribution is 7.99. The van der Waals surface area contributed by atoms with Gasteiger partial charge in [-0.2, -0.15) is 0 Å². The zero-order chi connectivity index (χ0) is 14.7. The van der Waals surface area contributed by atoms with Gasteiger partial charge < -0.3 is 15.5 Å². The molecule has 1 fully saturated rings. The van der Waals surface area contributed by atoms with Crippen molar-refractivity contribution >= 4 is 34.7 Å². The van der Waals surface area contributed by atoms with Gasteiger partial charge in [0.1, 0.15) is 4.99 Å². The molecule has 0 amide bonds. The fourth-order valence-corrected chi connectivity index (χ4v) is 3.70. The molecule has 0 radical (unpaired) electrons. The molecule has 110 valence electrons. The van der Waals surface area contributed by atoms with Gasteiger partial charge in [-0.1, -0.05) is 25.2 Å². The molecular formula is C15H23N3S2. The van der Waals surface area contributed by atoms with Gasteiger partial charge in [-0.25, -0.2) is 0 Å². The van der Waals surface area contributed by atoms with E-state index in [-0.39, 0.29) is 0 Å². The van der Waals surface area contributed by atoms with Crippen LogP contribution in [0, 0.1) is 0 Å². The average Bonchev–Trinajstić information content (AvgIpc) is 2.42. The summed E-state index contributed by atoms with van der Waals surface area (Å²) < 4.78 is 0. The number of thiocarbonyl (C=S) groups is 1. The van der Waals surface area contributed by atoms with E-state index in [2.05, 4.69) is 48.9 Å². The van der Waals surface area contributed by atoms with Gasteiger partial charge in [-0.3, -0.25) is 0 Å². The Morgan fingerprint density at radius 2 is 2.20 bits per heavy atom. The first-order chi connectivity index (χ1) is 9.54. The van der Waals surface area contributed by atoms with Crippen molar-refractivity contribution in [3.8, 4) is 0 Å². The molecule has 1 aromatic rings. The standard InChI is InChI=1S/C15H23N3S2/c1-4-20-13-7-5-6-12(14(13)15(16)19)18-9-8-17(3)11(2)10-18/h5-7,11H,4,8-10H2,1-3H3,(H2,16,19). The number of anilines is 1. The van der Waals surface area contributed by atoms with Crippen molar-refractivity contribution < 1.29 is 0 Å². The molecule has 0 spiro atoms. The Morgan fingerprint density at radius 3 is 2.80 bits per heavy atom. The molecule has 1 aliphatic rings. The Hall–Kier alpha value is -0.780. The van der Waals surface area contributed by atoms with Crippen molar-refractivity contribution in [2.24, 2.45) is 5.73 Å². The van der Waals surface area contributed by atoms with E-state index in [0.29, 0.717) is 11.0 Å². The lowest BCUT2D eigenvalue weighted by Crippen LogP contribution is -2.50. The number of hydrogen-bond acceptors (Lipinski definition) is 4. The Labute approximate surface area is 131 Å². The van der Waals surface area contributed by atoms with Crippen LogP contribution >= 0.6 is 24.0 Å². The van der Waals surface area contributed by atoms with Crippen LogP contribution in [0.1, 0.15) is 19.4 Å². The molecule has 1 aliphatic heterocycles. The van der Waals surface area contributed by atoms with Gasteiger partial charge in [0.05, 0.1) is 0 Å². The predicted octanol–water partition coefficient (Wildman–Crippen LogP) is 2.57. The van der Waals surface area contributed by atoms with Crippen LogP contribution in [0.15, 0.2) is 23.1 Å². The molecule has 1 aromatic carbocycles. The summed E-state index contributed by atoms with van der Waals surface area (Å²) in [6.45, 7) is 7.53. The molecule has 0 bridgehead atoms. The van der Waals surface area contributed by atoms with Crippen molar-refractivity contribution in [1.82, 2.24) is 4.90 Å². The fourth-order valence-electron chi connectivity index (χ4n) is 2.57. The number of benzene rings is 1. The molecule has 1 unspecified atom stereocenters. The molecule has 1 heterocycles. The number of nitrogens with two attached hydrogens (primary N) is 1. The van der Waals surface area contributed by atoms with Gasteiger partial charge in [-0.05, 0) is 31.9 Å². The maximum atomic E-state index is 6.00. The molecule has 5 heteroatoms. The summed E-state index contributed by atoms with van der Waals surface area (Å²) in [4.78, 5) is 6.51. The Bertz CT molecular complexity index is 490. The lowest BCUT2D eigenvalue weighted by atomic mass is 10.1. The Morgan fingerprint density at radius 1 is 1.45 bits per heavy atom. The summed E-state index contributed by atoms with van der Waals surface area (Å²) in [7, 11) is 2.18. The minimum atomic E-state index is 0.503. The van der Waals surface area contributed by atoms with Crippen molar-refractivity contribution in [3.05, 3.63) is 23.8 Å². The molecule has 2 rings (SSSR count). The number of thioether (sulfide) groups is 1. The minimum absolute atomic E-state index is 0.503. The van der Waals surface area contributed by atoms with E-state index in [0.717, 1.165) is 31.0 Å². The first-order valence-electron chi connectivity index (χ1n) is 7.05. The van der Waals surface area contributed by atoms with Crippen LogP contribution in [-0.2, 0) is 0 Å². The SMILES string of the molecule is CCSc1cccc(N2CCN(C)C(C)C2)c1C(N)=S. The molecule has 3 nitrogen and oxygen atoms in total. The molecule has 1 atom stereocenters. The normalized spacial score (nSPS) is 20.1. The first-order valence-corrected chi connectivity index (χ1v) is 8.44. The third kappa shape index (κ3) is 3.27. The van der Waals surface area contributed by atoms with Gasteiger partial charge in [-0.15, -0.1) is 11.8 Å². The van der Waals surface area contributed by atoms with Crippen molar-refractivity contribution in [1.29, 1.82) is 0 Å². The molecule has 20 heavy (non-hydrogen) atoms. The second-order valence-electron chi connectivity index (χ2n) is 5.22. The monoisotopic (exact) mass is 309 g/mol. The average molecular weight is 310 g/mol. The van der Waals surface area contributed by atoms with Crippen LogP contribution in [0.25, 0.3) is 0 Å². The van der Waals surface area contributed by atoms with Crippen LogP contribution in [0.3, 0.4) is 0 Å². The highest BCUT2D eigenvalue weighted by Crippen LogP contribution is 2.31. The number of likely N-dealkylation sites (N-methyl/N-ethyl adjacent to an activating group) is 1. The molecular weight excluding hydrogens is 286 g/mol. The summed E-state index contributed by atoms with van der Waals surface area (Å²) in [6, 6.07) is 6.92. The lowest BCUT2D eigenvalue weighted by molar-refractivity contribution is 0.234. The van der Waals surface area contributed by atoms with Crippen LogP contribution in [0.2, 0.25) is 0 Å². The zero-order valence-electron chi connectivity index (χ0n) is 12.4. The van der Waals surface area contributed by atoms with Gasteiger partial charge in [0.2, 0.25) is 0 Å². The summed E-state index contributed by atoms with van der Waals surface area (Å²) in [6.07, 6.45) is 0. The molecule has 0 saturated carbocycles. The van der Waals surface area contributed by atoms with E-state index in [9.17, 15) is 0 Å². The fraction of sp³-hybridized carbons (Fsp3) is 0.533. The van der Waals surface area contributed by atoms with Crippen molar-refractivity contribution in [2.45, 2.75) is 24.8 Å². The third-order valence-corrected chi connectivity index (χ3v) is 4.99. The highest BCUT2D eigenvalue weighted by Gasteiger charge is 2.24. The quantitative estimate of drug-likeness (QED) is 0.683. The van der Waals surface area contributed by atoms with E-state index >= 15 is 0 Å². The number of nitrogens with zero attached hydrogens (tertiary/aromatic N) is 2. The maximum Gasteiger partial charge on any atom is 0.107 e. The van der Waals surface area contributed by atoms with Crippen LogP contribution in [0.5, 0.6) is 0 Å². The summed E-state index contributed by atoms with van der Waals surface area (Å²) in [5, 5.41) is 0. The van der Waals surface area contributed by atoms with E-state index in [4.69, 9.17) is 18.0 Å². The topological polar surface area (TPSA) is 32.5 Å². The number of rotatable bonds is 4. The number of piperazine rings is 1. The first kappa shape index (κ1) is 15.6. The van der Waals surface area contributed by atoms with Gasteiger partial charge in [0.15, 0.2) is 0 Å². The maximum absolute atomic E-state index is 6.00. The third-order valence-electron chi connectivity index (χ3n) is 3.85. The second kappa shape index (κ2) is 6.78. The smallest absolute Gasteiger partial charge is 0.107 e. The minimum Gasteiger partial charge on any atom is -0.389 e. The summed E-state index contributed by atoms with van der Waals surface area (Å²) in [5.41, 5.74) is 8.23. The summed E-state index contributed by atoms with van der Waals surface area (Å²) >= 11 is 7.11. The summed E-state index contributed by atoms with van der Waals surface area (Å²) in [5.74, 6) is 1.03. The predicted molar refractivity (Wildman–Crippen MR) is 93.0 cm³/mol. The zero-order valence-corrected chi connectivity index (χ0v) is 14.1. The van der Waals surface area contributed by atoms with E-state index in [1.165, 1.54) is 10.6 Å². The Balaban J connectivity index is 2.35. The van der Waals surface area contributed by atoms with Crippen molar-refractivity contribution in [3.63, 3.8) is 0 Å². The van der Waals surface area contributed by atoms with Crippen LogP contribution in [-0.4, -0.2) is 48.4 Å². The van der Waals surface area contributed by atoms with Gasteiger partial charge >= 0.3 is 0 Å². The highest BCUT2D eigenvalue weighted by atomic mass is 32.2. The van der Waals surface area contributed by atoms with Gasteiger partial charge in [0, 0.05) is 41.8 Å². The molecule has 2 N–H and O–H groups in total. The van der Waals surface area contributed by atoms with Crippen LogP contribution in [0.4, 0.5) is 5.69 Å². The van der Waals surface area contributed by atoms with Gasteiger partial charge in [0.25, 0.3) is 0 Å². The molecule has 1 saturated heterocycles. The molecule has 0 aromatic heterocycles. The van der Waals surface area contributed by atoms with Crippen LogP contribution < -0.4 is 10.6 Å². The van der Waals surface area contributed by atoms with E-state index in [1.54, 1.807) is 11.8 Å².